The van der Waals surface area contributed by atoms with Gasteiger partial charge in [0.15, 0.2) is 0 Å². The van der Waals surface area contributed by atoms with Gasteiger partial charge in [-0.2, -0.15) is 0 Å². The molecule has 21 heavy (non-hydrogen) atoms. The van der Waals surface area contributed by atoms with Crippen LogP contribution in [-0.4, -0.2) is 32.3 Å². The topological polar surface area (TPSA) is 24.5 Å². The van der Waals surface area contributed by atoms with Gasteiger partial charge in [-0.3, -0.25) is 0 Å². The van der Waals surface area contributed by atoms with Crippen molar-refractivity contribution in [2.24, 2.45) is 0 Å². The smallest absolute Gasteiger partial charge is 0.0637 e. The fraction of sp³-hybridized carbons (Fsp3) is 0.667. The lowest BCUT2D eigenvalue weighted by molar-refractivity contribution is 0.202. The van der Waals surface area contributed by atoms with Crippen molar-refractivity contribution in [1.82, 2.24) is 5.32 Å². The maximum absolute atomic E-state index is 5.28. The highest BCUT2D eigenvalue weighted by Crippen LogP contribution is 2.22. The maximum atomic E-state index is 5.28. The van der Waals surface area contributed by atoms with E-state index in [9.17, 15) is 0 Å². The molecule has 1 aromatic rings. The third-order valence-corrected chi connectivity index (χ3v) is 4.36. The van der Waals surface area contributed by atoms with Crippen molar-refractivity contribution >= 4 is 5.69 Å². The summed E-state index contributed by atoms with van der Waals surface area (Å²) in [6, 6.07) is 10.4. The molecule has 1 saturated carbocycles. The van der Waals surface area contributed by atoms with Crippen LogP contribution < -0.4 is 10.2 Å². The van der Waals surface area contributed by atoms with E-state index in [1.54, 1.807) is 7.11 Å². The van der Waals surface area contributed by atoms with E-state index in [2.05, 4.69) is 48.3 Å². The van der Waals surface area contributed by atoms with Crippen molar-refractivity contribution in [3.8, 4) is 0 Å². The summed E-state index contributed by atoms with van der Waals surface area (Å²) in [5.74, 6) is 0. The van der Waals surface area contributed by atoms with Gasteiger partial charge >= 0.3 is 0 Å². The standard InChI is InChI=1S/C18H30N2O/c1-4-17(5-2)20(12-13-21-3)18-10-6-15(7-11-18)14-19-16-8-9-16/h6-7,10-11,16-17,19H,4-5,8-9,12-14H2,1-3H3. The molecule has 1 aromatic carbocycles. The Labute approximate surface area is 129 Å². The van der Waals surface area contributed by atoms with Crippen LogP contribution in [0.5, 0.6) is 0 Å². The average Bonchev–Trinajstić information content (AvgIpc) is 3.34. The van der Waals surface area contributed by atoms with Gasteiger partial charge < -0.3 is 15.0 Å². The molecule has 0 saturated heterocycles. The van der Waals surface area contributed by atoms with Crippen LogP contribution in [-0.2, 0) is 11.3 Å². The molecule has 0 spiro atoms. The second-order valence-electron chi connectivity index (χ2n) is 5.98. The minimum absolute atomic E-state index is 0.593. The summed E-state index contributed by atoms with van der Waals surface area (Å²) in [7, 11) is 1.78. The number of methoxy groups -OCH3 is 1. The van der Waals surface area contributed by atoms with E-state index in [-0.39, 0.29) is 0 Å². The number of rotatable bonds is 10. The summed E-state index contributed by atoms with van der Waals surface area (Å²) in [6.45, 7) is 7.27. The zero-order valence-electron chi connectivity index (χ0n) is 13.8. The number of hydrogen-bond donors (Lipinski definition) is 1. The first-order chi connectivity index (χ1) is 10.3. The monoisotopic (exact) mass is 290 g/mol. The van der Waals surface area contributed by atoms with E-state index in [0.29, 0.717) is 6.04 Å². The van der Waals surface area contributed by atoms with Gasteiger partial charge in [0.2, 0.25) is 0 Å². The molecule has 1 fully saturated rings. The summed E-state index contributed by atoms with van der Waals surface area (Å²) < 4.78 is 5.28. The molecule has 3 nitrogen and oxygen atoms in total. The SMILES string of the molecule is CCC(CC)N(CCOC)c1ccc(CNC2CC2)cc1. The van der Waals surface area contributed by atoms with Crippen LogP contribution >= 0.6 is 0 Å². The normalized spacial score (nSPS) is 14.7. The Kier molecular flexibility index (Phi) is 6.52. The van der Waals surface area contributed by atoms with Crippen molar-refractivity contribution in [2.75, 3.05) is 25.2 Å². The van der Waals surface area contributed by atoms with Gasteiger partial charge in [0.05, 0.1) is 6.61 Å². The van der Waals surface area contributed by atoms with Crippen molar-refractivity contribution in [3.05, 3.63) is 29.8 Å². The van der Waals surface area contributed by atoms with Crippen molar-refractivity contribution < 1.29 is 4.74 Å². The molecule has 0 aliphatic heterocycles. The zero-order valence-corrected chi connectivity index (χ0v) is 13.8. The second kappa shape index (κ2) is 8.40. The Balaban J connectivity index is 1.99. The van der Waals surface area contributed by atoms with Crippen LogP contribution in [0.25, 0.3) is 0 Å². The fourth-order valence-electron chi connectivity index (χ4n) is 2.80. The second-order valence-corrected chi connectivity index (χ2v) is 5.98. The lowest BCUT2D eigenvalue weighted by Gasteiger charge is -2.32. The number of hydrogen-bond acceptors (Lipinski definition) is 3. The fourth-order valence-corrected chi connectivity index (χ4v) is 2.80. The molecule has 0 atom stereocenters. The van der Waals surface area contributed by atoms with E-state index in [1.165, 1.54) is 36.9 Å². The largest absolute Gasteiger partial charge is 0.383 e. The molecule has 0 heterocycles. The summed E-state index contributed by atoms with van der Waals surface area (Å²) in [5, 5.41) is 3.57. The zero-order chi connectivity index (χ0) is 15.1. The summed E-state index contributed by atoms with van der Waals surface area (Å²) in [5.41, 5.74) is 2.69. The molecule has 0 radical (unpaired) electrons. The highest BCUT2D eigenvalue weighted by molar-refractivity contribution is 5.48. The van der Waals surface area contributed by atoms with E-state index >= 15 is 0 Å². The molecule has 3 heteroatoms. The number of nitrogens with one attached hydrogen (secondary N) is 1. The van der Waals surface area contributed by atoms with E-state index in [0.717, 1.165) is 25.7 Å². The van der Waals surface area contributed by atoms with Gasteiger partial charge in [0.1, 0.15) is 0 Å². The Morgan fingerprint density at radius 1 is 1.19 bits per heavy atom. The van der Waals surface area contributed by atoms with Crippen molar-refractivity contribution in [1.29, 1.82) is 0 Å². The van der Waals surface area contributed by atoms with Crippen LogP contribution in [0, 0.1) is 0 Å². The summed E-state index contributed by atoms with van der Waals surface area (Å²) >= 11 is 0. The molecular formula is C18H30N2O. The van der Waals surface area contributed by atoms with E-state index in [1.807, 2.05) is 0 Å². The molecule has 118 valence electrons. The van der Waals surface area contributed by atoms with Crippen LogP contribution in [0.15, 0.2) is 24.3 Å². The first kappa shape index (κ1) is 16.3. The first-order valence-corrected chi connectivity index (χ1v) is 8.36. The molecular weight excluding hydrogens is 260 g/mol. The molecule has 1 aliphatic rings. The van der Waals surface area contributed by atoms with Gasteiger partial charge in [-0.15, -0.1) is 0 Å². The van der Waals surface area contributed by atoms with Crippen molar-refractivity contribution in [3.63, 3.8) is 0 Å². The predicted octanol–water partition coefficient (Wildman–Crippen LogP) is 3.58. The number of nitrogens with zero attached hydrogens (tertiary/aromatic N) is 1. The molecule has 0 bridgehead atoms. The third-order valence-electron chi connectivity index (χ3n) is 4.36. The third kappa shape index (κ3) is 5.01. The number of anilines is 1. The van der Waals surface area contributed by atoms with Gasteiger partial charge in [0, 0.05) is 38.0 Å². The maximum Gasteiger partial charge on any atom is 0.0637 e. The van der Waals surface area contributed by atoms with E-state index < -0.39 is 0 Å². The molecule has 0 amide bonds. The quantitative estimate of drug-likeness (QED) is 0.713. The average molecular weight is 290 g/mol. The van der Waals surface area contributed by atoms with Crippen LogP contribution in [0.1, 0.15) is 45.1 Å². The number of benzene rings is 1. The summed E-state index contributed by atoms with van der Waals surface area (Å²) in [6.07, 6.45) is 5.03. The Morgan fingerprint density at radius 2 is 1.86 bits per heavy atom. The van der Waals surface area contributed by atoms with Crippen LogP contribution in [0.4, 0.5) is 5.69 Å². The Bertz CT molecular complexity index is 396. The minimum Gasteiger partial charge on any atom is -0.383 e. The molecule has 0 unspecified atom stereocenters. The molecule has 1 aliphatic carbocycles. The molecule has 0 aromatic heterocycles. The van der Waals surface area contributed by atoms with Gasteiger partial charge in [0.25, 0.3) is 0 Å². The molecule has 1 N–H and O–H groups in total. The van der Waals surface area contributed by atoms with E-state index in [4.69, 9.17) is 4.74 Å². The van der Waals surface area contributed by atoms with Gasteiger partial charge in [-0.1, -0.05) is 26.0 Å². The molecule has 2 rings (SSSR count). The first-order valence-electron chi connectivity index (χ1n) is 8.36. The number of ether oxygens (including phenoxy) is 1. The van der Waals surface area contributed by atoms with Crippen LogP contribution in [0.2, 0.25) is 0 Å². The van der Waals surface area contributed by atoms with Gasteiger partial charge in [-0.25, -0.2) is 0 Å². The summed E-state index contributed by atoms with van der Waals surface area (Å²) in [4.78, 5) is 2.49. The Hall–Kier alpha value is -1.06. The minimum atomic E-state index is 0.593. The van der Waals surface area contributed by atoms with Gasteiger partial charge in [-0.05, 0) is 43.4 Å². The van der Waals surface area contributed by atoms with Crippen molar-refractivity contribution in [2.45, 2.75) is 58.2 Å². The highest BCUT2D eigenvalue weighted by Gasteiger charge is 2.20. The Morgan fingerprint density at radius 3 is 2.38 bits per heavy atom. The van der Waals surface area contributed by atoms with Crippen LogP contribution in [0.3, 0.4) is 0 Å². The lowest BCUT2D eigenvalue weighted by atomic mass is 10.1. The highest BCUT2D eigenvalue weighted by atomic mass is 16.5. The lowest BCUT2D eigenvalue weighted by Crippen LogP contribution is -2.37. The predicted molar refractivity (Wildman–Crippen MR) is 89.9 cm³/mol.